The lowest BCUT2D eigenvalue weighted by molar-refractivity contribution is -0.117. The summed E-state index contributed by atoms with van der Waals surface area (Å²) in [5, 5.41) is 6.93. The van der Waals surface area contributed by atoms with Crippen molar-refractivity contribution in [2.24, 2.45) is 0 Å². The molecule has 2 aromatic rings. The van der Waals surface area contributed by atoms with E-state index in [9.17, 15) is 9.59 Å². The lowest BCUT2D eigenvalue weighted by atomic mass is 10.1. The van der Waals surface area contributed by atoms with Gasteiger partial charge in [0.1, 0.15) is 0 Å². The third kappa shape index (κ3) is 5.08. The second kappa shape index (κ2) is 9.02. The first kappa shape index (κ1) is 19.4. The zero-order valence-corrected chi connectivity index (χ0v) is 16.1. The molecule has 0 saturated carbocycles. The van der Waals surface area contributed by atoms with Crippen molar-refractivity contribution in [3.05, 3.63) is 59.1 Å². The molecule has 1 fully saturated rings. The van der Waals surface area contributed by atoms with Gasteiger partial charge in [-0.25, -0.2) is 0 Å². The molecule has 0 unspecified atom stereocenters. The number of carbonyl (C=O) groups excluding carboxylic acids is 2. The Labute approximate surface area is 164 Å². The van der Waals surface area contributed by atoms with Crippen LogP contribution in [0.4, 0.5) is 11.4 Å². The molecule has 142 valence electrons. The summed E-state index contributed by atoms with van der Waals surface area (Å²) in [4.78, 5) is 25.7. The average Bonchev–Trinajstić information content (AvgIpc) is 3.08. The maximum atomic E-state index is 12.1. The number of rotatable bonds is 7. The number of benzene rings is 2. The van der Waals surface area contributed by atoms with E-state index in [2.05, 4.69) is 10.6 Å². The van der Waals surface area contributed by atoms with Crippen LogP contribution in [0, 0.1) is 0 Å². The molecule has 0 radical (unpaired) electrons. The van der Waals surface area contributed by atoms with E-state index in [1.807, 2.05) is 55.5 Å². The van der Waals surface area contributed by atoms with E-state index >= 15 is 0 Å². The molecule has 0 spiro atoms. The number of hydrogen-bond acceptors (Lipinski definition) is 3. The van der Waals surface area contributed by atoms with Crippen molar-refractivity contribution >= 4 is 34.8 Å². The van der Waals surface area contributed by atoms with Gasteiger partial charge in [-0.05, 0) is 49.2 Å². The maximum absolute atomic E-state index is 12.1. The zero-order chi connectivity index (χ0) is 19.2. The van der Waals surface area contributed by atoms with E-state index in [4.69, 9.17) is 11.6 Å². The molecule has 5 nitrogen and oxygen atoms in total. The topological polar surface area (TPSA) is 61.4 Å². The van der Waals surface area contributed by atoms with Crippen LogP contribution in [0.15, 0.2) is 48.5 Å². The first-order chi connectivity index (χ1) is 13.0. The lowest BCUT2D eigenvalue weighted by Gasteiger charge is -2.16. The Morgan fingerprint density at radius 3 is 2.59 bits per heavy atom. The fourth-order valence-corrected chi connectivity index (χ4v) is 3.51. The molecular weight excluding hydrogens is 362 g/mol. The summed E-state index contributed by atoms with van der Waals surface area (Å²) in [6, 6.07) is 15.2. The van der Waals surface area contributed by atoms with Crippen molar-refractivity contribution in [3.8, 4) is 0 Å². The second-order valence-electron chi connectivity index (χ2n) is 6.69. The minimum Gasteiger partial charge on any atom is -0.326 e. The van der Waals surface area contributed by atoms with Crippen LogP contribution in [0.25, 0.3) is 0 Å². The summed E-state index contributed by atoms with van der Waals surface area (Å²) < 4.78 is 0. The highest BCUT2D eigenvalue weighted by Crippen LogP contribution is 2.23. The Bertz CT molecular complexity index is 807. The highest BCUT2D eigenvalue weighted by Gasteiger charge is 2.21. The van der Waals surface area contributed by atoms with Crippen LogP contribution in [-0.2, 0) is 9.59 Å². The molecule has 2 amide bonds. The van der Waals surface area contributed by atoms with E-state index in [1.54, 1.807) is 4.90 Å². The summed E-state index contributed by atoms with van der Waals surface area (Å²) in [6.07, 6.45) is 1.87. The molecule has 2 N–H and O–H groups in total. The number of anilines is 2. The van der Waals surface area contributed by atoms with Gasteiger partial charge in [-0.2, -0.15) is 0 Å². The first-order valence-electron chi connectivity index (χ1n) is 9.22. The van der Waals surface area contributed by atoms with Crippen molar-refractivity contribution in [1.82, 2.24) is 5.32 Å². The monoisotopic (exact) mass is 385 g/mol. The van der Waals surface area contributed by atoms with Gasteiger partial charge in [0.05, 0.1) is 0 Å². The van der Waals surface area contributed by atoms with E-state index in [0.717, 1.165) is 34.9 Å². The summed E-state index contributed by atoms with van der Waals surface area (Å²) in [6.45, 7) is 3.34. The Morgan fingerprint density at radius 2 is 1.93 bits per heavy atom. The normalized spacial score (nSPS) is 15.0. The van der Waals surface area contributed by atoms with Gasteiger partial charge >= 0.3 is 0 Å². The molecule has 1 aliphatic rings. The molecule has 2 aromatic carbocycles. The van der Waals surface area contributed by atoms with Crippen molar-refractivity contribution in [3.63, 3.8) is 0 Å². The molecule has 27 heavy (non-hydrogen) atoms. The minimum absolute atomic E-state index is 0.0566. The molecule has 0 aromatic heterocycles. The highest BCUT2D eigenvalue weighted by molar-refractivity contribution is 6.31. The number of nitrogens with one attached hydrogen (secondary N) is 2. The molecule has 0 aliphatic carbocycles. The summed E-state index contributed by atoms with van der Waals surface area (Å²) >= 11 is 6.19. The lowest BCUT2D eigenvalue weighted by Crippen LogP contribution is -2.25. The smallest absolute Gasteiger partial charge is 0.227 e. The fourth-order valence-electron chi connectivity index (χ4n) is 3.21. The van der Waals surface area contributed by atoms with Crippen molar-refractivity contribution in [2.45, 2.75) is 32.2 Å². The molecule has 1 saturated heterocycles. The number of amides is 2. The van der Waals surface area contributed by atoms with Gasteiger partial charge < -0.3 is 15.5 Å². The van der Waals surface area contributed by atoms with Gasteiger partial charge in [0.25, 0.3) is 0 Å². The summed E-state index contributed by atoms with van der Waals surface area (Å²) in [5.74, 6) is 0.101. The average molecular weight is 386 g/mol. The van der Waals surface area contributed by atoms with Gasteiger partial charge in [-0.3, -0.25) is 9.59 Å². The van der Waals surface area contributed by atoms with Crippen LogP contribution in [0.3, 0.4) is 0 Å². The van der Waals surface area contributed by atoms with E-state index in [0.29, 0.717) is 19.4 Å². The highest BCUT2D eigenvalue weighted by atomic mass is 35.5. The van der Waals surface area contributed by atoms with E-state index in [-0.39, 0.29) is 17.9 Å². The van der Waals surface area contributed by atoms with Gasteiger partial charge in [-0.15, -0.1) is 0 Å². The maximum Gasteiger partial charge on any atom is 0.227 e. The van der Waals surface area contributed by atoms with Crippen LogP contribution in [0.1, 0.15) is 37.8 Å². The number of carbonyl (C=O) groups is 2. The van der Waals surface area contributed by atoms with Crippen LogP contribution < -0.4 is 15.5 Å². The first-order valence-corrected chi connectivity index (χ1v) is 9.60. The molecule has 1 aliphatic heterocycles. The third-order valence-corrected chi connectivity index (χ3v) is 5.05. The van der Waals surface area contributed by atoms with E-state index in [1.165, 1.54) is 0 Å². The van der Waals surface area contributed by atoms with Crippen LogP contribution in [-0.4, -0.2) is 24.9 Å². The standard InChI is InChI=1S/C21H24ClN3O2/c1-15(18-5-2-3-6-19(18)22)23-13-12-20(26)24-16-8-10-17(11-9-16)25-14-4-7-21(25)27/h2-3,5-6,8-11,15,23H,4,7,12-14H2,1H3,(H,24,26)/t15-/m0/s1. The zero-order valence-electron chi connectivity index (χ0n) is 15.4. The molecule has 6 heteroatoms. The molecule has 0 bridgehead atoms. The van der Waals surface area contributed by atoms with Gasteiger partial charge in [-0.1, -0.05) is 29.8 Å². The van der Waals surface area contributed by atoms with Crippen molar-refractivity contribution < 1.29 is 9.59 Å². The summed E-state index contributed by atoms with van der Waals surface area (Å²) in [7, 11) is 0. The third-order valence-electron chi connectivity index (χ3n) is 4.71. The Morgan fingerprint density at radius 1 is 1.19 bits per heavy atom. The molecule has 1 heterocycles. The Balaban J connectivity index is 1.45. The molecular formula is C21H24ClN3O2. The van der Waals surface area contributed by atoms with Crippen LogP contribution in [0.2, 0.25) is 5.02 Å². The minimum atomic E-state index is -0.0566. The molecule has 3 rings (SSSR count). The Hall–Kier alpha value is -2.37. The number of hydrogen-bond donors (Lipinski definition) is 2. The largest absolute Gasteiger partial charge is 0.326 e. The van der Waals surface area contributed by atoms with Crippen molar-refractivity contribution in [1.29, 1.82) is 0 Å². The van der Waals surface area contributed by atoms with Crippen LogP contribution >= 0.6 is 11.6 Å². The second-order valence-corrected chi connectivity index (χ2v) is 7.10. The predicted octanol–water partition coefficient (Wildman–Crippen LogP) is 4.15. The van der Waals surface area contributed by atoms with Gasteiger partial charge in [0.2, 0.25) is 11.8 Å². The quantitative estimate of drug-likeness (QED) is 0.752. The number of halogens is 1. The predicted molar refractivity (Wildman–Crippen MR) is 109 cm³/mol. The molecule has 1 atom stereocenters. The van der Waals surface area contributed by atoms with Crippen molar-refractivity contribution in [2.75, 3.05) is 23.3 Å². The fraction of sp³-hybridized carbons (Fsp3) is 0.333. The summed E-state index contributed by atoms with van der Waals surface area (Å²) in [5.41, 5.74) is 2.63. The van der Waals surface area contributed by atoms with Gasteiger partial charge in [0, 0.05) is 48.4 Å². The van der Waals surface area contributed by atoms with Crippen LogP contribution in [0.5, 0.6) is 0 Å². The number of nitrogens with zero attached hydrogens (tertiary/aromatic N) is 1. The SMILES string of the molecule is C[C@H](NCCC(=O)Nc1ccc(N2CCCC2=O)cc1)c1ccccc1Cl. The van der Waals surface area contributed by atoms with Gasteiger partial charge in [0.15, 0.2) is 0 Å². The van der Waals surface area contributed by atoms with E-state index < -0.39 is 0 Å². The Kier molecular flexibility index (Phi) is 6.48.